The van der Waals surface area contributed by atoms with Gasteiger partial charge in [0.05, 0.1) is 40.7 Å². The molecule has 2 aromatic carbocycles. The number of nitrogens with one attached hydrogen (secondary N) is 1. The van der Waals surface area contributed by atoms with Gasteiger partial charge < -0.3 is 24.4 Å². The van der Waals surface area contributed by atoms with E-state index in [1.54, 1.807) is 6.07 Å². The molecule has 0 aliphatic carbocycles. The SMILES string of the molecule is COc1cc(N2CC[C@H](N(C)C)C2)c([N+](=O)[O-])cc1Nc1ncc(C#N)c(-c2cn3c4c(cccc24)CCC3)n1. The molecule has 0 bridgehead atoms. The van der Waals surface area contributed by atoms with Crippen LogP contribution in [0.15, 0.2) is 42.7 Å². The van der Waals surface area contributed by atoms with Crippen molar-refractivity contribution >= 4 is 33.9 Å². The number of anilines is 3. The summed E-state index contributed by atoms with van der Waals surface area (Å²) >= 11 is 0. The Morgan fingerprint density at radius 2 is 2.12 bits per heavy atom. The third-order valence-corrected chi connectivity index (χ3v) is 7.97. The number of methoxy groups -OCH3 is 1. The minimum atomic E-state index is -0.373. The zero-order valence-electron chi connectivity index (χ0n) is 22.7. The summed E-state index contributed by atoms with van der Waals surface area (Å²) in [4.78, 5) is 25.0. The van der Waals surface area contributed by atoms with Gasteiger partial charge in [0, 0.05) is 55.0 Å². The number of ether oxygens (including phenoxy) is 1. The molecule has 0 saturated carbocycles. The van der Waals surface area contributed by atoms with Gasteiger partial charge in [-0.15, -0.1) is 0 Å². The normalized spacial score (nSPS) is 16.4. The van der Waals surface area contributed by atoms with Crippen molar-refractivity contribution in [2.24, 2.45) is 0 Å². The van der Waals surface area contributed by atoms with Gasteiger partial charge in [0.25, 0.3) is 5.69 Å². The van der Waals surface area contributed by atoms with Crippen molar-refractivity contribution in [3.63, 3.8) is 0 Å². The lowest BCUT2D eigenvalue weighted by atomic mass is 10.0. The molecule has 1 N–H and O–H groups in total. The molecule has 40 heavy (non-hydrogen) atoms. The molecule has 0 radical (unpaired) electrons. The van der Waals surface area contributed by atoms with E-state index in [0.29, 0.717) is 41.0 Å². The monoisotopic (exact) mass is 538 g/mol. The summed E-state index contributed by atoms with van der Waals surface area (Å²) in [6.07, 6.45) is 6.54. The second kappa shape index (κ2) is 10.1. The molecule has 0 amide bonds. The number of likely N-dealkylation sites (N-methyl/N-ethyl adjacent to an activating group) is 1. The number of nitro groups is 1. The number of nitriles is 1. The van der Waals surface area contributed by atoms with Gasteiger partial charge in [-0.3, -0.25) is 10.1 Å². The Morgan fingerprint density at radius 1 is 1.27 bits per heavy atom. The molecule has 204 valence electrons. The molecule has 2 aliphatic heterocycles. The Kier molecular flexibility index (Phi) is 6.48. The smallest absolute Gasteiger partial charge is 0.294 e. The number of nitro benzene ring substituents is 1. The van der Waals surface area contributed by atoms with Crippen LogP contribution in [0.1, 0.15) is 24.0 Å². The van der Waals surface area contributed by atoms with Crippen molar-refractivity contribution in [2.75, 3.05) is 44.5 Å². The van der Waals surface area contributed by atoms with E-state index in [1.807, 2.05) is 25.1 Å². The van der Waals surface area contributed by atoms with Gasteiger partial charge in [0.1, 0.15) is 17.5 Å². The molecular weight excluding hydrogens is 508 g/mol. The van der Waals surface area contributed by atoms with Crippen LogP contribution < -0.4 is 15.0 Å². The second-order valence-corrected chi connectivity index (χ2v) is 10.5. The van der Waals surface area contributed by atoms with E-state index >= 15 is 0 Å². The lowest BCUT2D eigenvalue weighted by Crippen LogP contribution is -2.31. The van der Waals surface area contributed by atoms with Crippen molar-refractivity contribution in [1.29, 1.82) is 5.26 Å². The highest BCUT2D eigenvalue weighted by Crippen LogP contribution is 2.41. The Labute approximate surface area is 231 Å². The number of aryl methyl sites for hydroxylation is 2. The van der Waals surface area contributed by atoms with E-state index in [2.05, 4.69) is 44.2 Å². The standard InChI is InChI=1S/C29H30N8O3/c1-34(2)20-9-11-35(16-20)24-13-26(40-3)23(12-25(24)37(38)39)32-29-31-15-19(14-30)27(33-29)22-17-36-10-5-7-18-6-4-8-21(22)28(18)36/h4,6,8,12-13,15,17,20H,5,7,9-11,16H2,1-3H3,(H,31,32,33)/t20-/m0/s1. The summed E-state index contributed by atoms with van der Waals surface area (Å²) in [5.74, 6) is 0.658. The fourth-order valence-corrected chi connectivity index (χ4v) is 5.90. The van der Waals surface area contributed by atoms with Crippen LogP contribution in [0, 0.1) is 21.4 Å². The van der Waals surface area contributed by atoms with Gasteiger partial charge in [-0.1, -0.05) is 18.2 Å². The zero-order valence-corrected chi connectivity index (χ0v) is 22.7. The van der Waals surface area contributed by atoms with Gasteiger partial charge in [0.15, 0.2) is 0 Å². The average Bonchev–Trinajstić information content (AvgIpc) is 3.60. The van der Waals surface area contributed by atoms with Crippen LogP contribution in [0.3, 0.4) is 0 Å². The summed E-state index contributed by atoms with van der Waals surface area (Å²) in [6.45, 7) is 2.32. The highest BCUT2D eigenvalue weighted by Gasteiger charge is 2.30. The molecule has 4 heterocycles. The highest BCUT2D eigenvalue weighted by atomic mass is 16.6. The quantitative estimate of drug-likeness (QED) is 0.263. The van der Waals surface area contributed by atoms with Crippen LogP contribution in [0.5, 0.6) is 5.75 Å². The Morgan fingerprint density at radius 3 is 2.85 bits per heavy atom. The summed E-state index contributed by atoms with van der Waals surface area (Å²) in [7, 11) is 5.57. The van der Waals surface area contributed by atoms with E-state index in [1.165, 1.54) is 30.5 Å². The largest absolute Gasteiger partial charge is 0.494 e. The summed E-state index contributed by atoms with van der Waals surface area (Å²) in [6, 6.07) is 11.9. The first-order valence-corrected chi connectivity index (χ1v) is 13.3. The number of nitrogens with zero attached hydrogens (tertiary/aromatic N) is 7. The van der Waals surface area contributed by atoms with Crippen molar-refractivity contribution in [2.45, 2.75) is 31.8 Å². The second-order valence-electron chi connectivity index (χ2n) is 10.5. The molecule has 2 aliphatic rings. The number of aromatic nitrogens is 3. The van der Waals surface area contributed by atoms with Crippen LogP contribution in [0.2, 0.25) is 0 Å². The summed E-state index contributed by atoms with van der Waals surface area (Å²) < 4.78 is 7.88. The van der Waals surface area contributed by atoms with Crippen LogP contribution in [-0.4, -0.2) is 64.7 Å². The molecule has 11 heteroatoms. The van der Waals surface area contributed by atoms with Gasteiger partial charge in [-0.05, 0) is 38.9 Å². The first-order valence-electron chi connectivity index (χ1n) is 13.3. The topological polar surface area (TPSA) is 125 Å². The zero-order chi connectivity index (χ0) is 28.0. The predicted octanol–water partition coefficient (Wildman–Crippen LogP) is 4.72. The number of rotatable bonds is 7. The Bertz CT molecular complexity index is 1670. The van der Waals surface area contributed by atoms with Crippen LogP contribution in [0.4, 0.5) is 23.0 Å². The molecule has 11 nitrogen and oxygen atoms in total. The van der Waals surface area contributed by atoms with Crippen LogP contribution in [-0.2, 0) is 13.0 Å². The molecule has 1 atom stereocenters. The number of benzene rings is 2. The maximum Gasteiger partial charge on any atom is 0.294 e. The predicted molar refractivity (Wildman–Crippen MR) is 153 cm³/mol. The van der Waals surface area contributed by atoms with E-state index in [4.69, 9.17) is 9.72 Å². The minimum Gasteiger partial charge on any atom is -0.494 e. The Balaban J connectivity index is 1.40. The molecule has 2 aromatic heterocycles. The number of hydrogen-bond donors (Lipinski definition) is 1. The van der Waals surface area contributed by atoms with Crippen molar-refractivity contribution < 1.29 is 9.66 Å². The summed E-state index contributed by atoms with van der Waals surface area (Å²) in [5, 5.41) is 26.2. The molecular formula is C29H30N8O3. The van der Waals surface area contributed by atoms with E-state index in [9.17, 15) is 15.4 Å². The molecule has 6 rings (SSSR count). The van der Waals surface area contributed by atoms with Crippen molar-refractivity contribution in [3.8, 4) is 23.1 Å². The van der Waals surface area contributed by atoms with Crippen LogP contribution in [0.25, 0.3) is 22.2 Å². The highest BCUT2D eigenvalue weighted by molar-refractivity contribution is 5.98. The molecule has 0 unspecified atom stereocenters. The molecule has 1 fully saturated rings. The third kappa shape index (κ3) is 4.36. The fraction of sp³-hybridized carbons (Fsp3) is 0.345. The van der Waals surface area contributed by atoms with Crippen LogP contribution >= 0.6 is 0 Å². The minimum absolute atomic E-state index is 0.0226. The third-order valence-electron chi connectivity index (χ3n) is 7.97. The van der Waals surface area contributed by atoms with E-state index < -0.39 is 0 Å². The summed E-state index contributed by atoms with van der Waals surface area (Å²) in [5.41, 5.74) is 5.06. The average molecular weight is 539 g/mol. The first kappa shape index (κ1) is 25.6. The van der Waals surface area contributed by atoms with E-state index in [-0.39, 0.29) is 16.6 Å². The maximum absolute atomic E-state index is 12.1. The lowest BCUT2D eigenvalue weighted by molar-refractivity contribution is -0.384. The lowest BCUT2D eigenvalue weighted by Gasteiger charge is -2.22. The van der Waals surface area contributed by atoms with Gasteiger partial charge in [-0.2, -0.15) is 5.26 Å². The molecule has 1 saturated heterocycles. The first-order chi connectivity index (χ1) is 19.4. The number of hydrogen-bond acceptors (Lipinski definition) is 9. The number of para-hydroxylation sites is 1. The molecule has 4 aromatic rings. The Hall–Kier alpha value is -4.69. The van der Waals surface area contributed by atoms with Gasteiger partial charge in [0.2, 0.25) is 5.95 Å². The molecule has 0 spiro atoms. The van der Waals surface area contributed by atoms with Crippen molar-refractivity contribution in [3.05, 3.63) is 64.0 Å². The van der Waals surface area contributed by atoms with Crippen molar-refractivity contribution in [1.82, 2.24) is 19.4 Å². The maximum atomic E-state index is 12.1. The van der Waals surface area contributed by atoms with Gasteiger partial charge in [-0.25, -0.2) is 9.97 Å². The fourth-order valence-electron chi connectivity index (χ4n) is 5.90. The van der Waals surface area contributed by atoms with Gasteiger partial charge >= 0.3 is 0 Å². The van der Waals surface area contributed by atoms with E-state index in [0.717, 1.165) is 43.3 Å².